The van der Waals surface area contributed by atoms with Crippen molar-refractivity contribution in [1.29, 1.82) is 0 Å². The molecular formula is C24H27N3O2S. The van der Waals surface area contributed by atoms with Crippen molar-refractivity contribution in [3.8, 4) is 5.69 Å². The second kappa shape index (κ2) is 8.64. The normalized spacial score (nSPS) is 19.2. The first kappa shape index (κ1) is 20.7. The van der Waals surface area contributed by atoms with Gasteiger partial charge in [-0.3, -0.25) is 14.2 Å². The number of aryl methyl sites for hydroxylation is 1. The molecule has 2 heterocycles. The van der Waals surface area contributed by atoms with Gasteiger partial charge in [-0.25, -0.2) is 4.98 Å². The molecule has 156 valence electrons. The lowest BCUT2D eigenvalue weighted by atomic mass is 9.98. The first-order valence-corrected chi connectivity index (χ1v) is 11.5. The van der Waals surface area contributed by atoms with E-state index in [0.717, 1.165) is 24.1 Å². The third-order valence-corrected chi connectivity index (χ3v) is 6.77. The van der Waals surface area contributed by atoms with E-state index in [1.165, 1.54) is 18.2 Å². The minimum atomic E-state index is -0.112. The van der Waals surface area contributed by atoms with E-state index in [2.05, 4.69) is 13.8 Å². The number of carbonyl (C=O) groups is 1. The Bertz CT molecular complexity index is 1110. The van der Waals surface area contributed by atoms with Crippen molar-refractivity contribution < 1.29 is 4.79 Å². The molecule has 5 nitrogen and oxygen atoms in total. The Labute approximate surface area is 181 Å². The van der Waals surface area contributed by atoms with Crippen LogP contribution in [0.2, 0.25) is 0 Å². The number of hydrogen-bond donors (Lipinski definition) is 0. The largest absolute Gasteiger partial charge is 0.337 e. The van der Waals surface area contributed by atoms with Crippen molar-refractivity contribution in [1.82, 2.24) is 14.5 Å². The Balaban J connectivity index is 1.70. The van der Waals surface area contributed by atoms with E-state index in [1.807, 2.05) is 54.3 Å². The van der Waals surface area contributed by atoms with Crippen molar-refractivity contribution in [3.63, 3.8) is 0 Å². The Morgan fingerprint density at radius 3 is 2.43 bits per heavy atom. The first-order valence-electron chi connectivity index (χ1n) is 10.5. The quantitative estimate of drug-likeness (QED) is 0.457. The third kappa shape index (κ3) is 4.01. The number of piperidine rings is 1. The van der Waals surface area contributed by atoms with Gasteiger partial charge in [0, 0.05) is 12.1 Å². The fourth-order valence-corrected chi connectivity index (χ4v) is 5.13. The highest BCUT2D eigenvalue weighted by molar-refractivity contribution is 7.99. The van der Waals surface area contributed by atoms with Crippen molar-refractivity contribution in [2.24, 2.45) is 0 Å². The molecule has 1 fully saturated rings. The van der Waals surface area contributed by atoms with Gasteiger partial charge in [0.25, 0.3) is 5.56 Å². The number of carbonyl (C=O) groups excluding carboxylic acids is 1. The Kier molecular flexibility index (Phi) is 5.95. The van der Waals surface area contributed by atoms with E-state index >= 15 is 0 Å². The van der Waals surface area contributed by atoms with Gasteiger partial charge in [0.1, 0.15) is 0 Å². The van der Waals surface area contributed by atoms with Crippen molar-refractivity contribution in [2.75, 3.05) is 5.75 Å². The lowest BCUT2D eigenvalue weighted by Gasteiger charge is -2.39. The summed E-state index contributed by atoms with van der Waals surface area (Å²) < 4.78 is 1.63. The van der Waals surface area contributed by atoms with Crippen LogP contribution < -0.4 is 5.56 Å². The molecule has 4 rings (SSSR count). The van der Waals surface area contributed by atoms with Crippen LogP contribution in [0.3, 0.4) is 0 Å². The van der Waals surface area contributed by atoms with Gasteiger partial charge in [-0.05, 0) is 64.3 Å². The number of benzene rings is 2. The molecule has 0 unspecified atom stereocenters. The summed E-state index contributed by atoms with van der Waals surface area (Å²) in [6.07, 6.45) is 3.25. The molecule has 1 amide bonds. The summed E-state index contributed by atoms with van der Waals surface area (Å²) in [7, 11) is 0. The number of amides is 1. The average molecular weight is 422 g/mol. The summed E-state index contributed by atoms with van der Waals surface area (Å²) >= 11 is 1.34. The van der Waals surface area contributed by atoms with Gasteiger partial charge in [0.05, 0.1) is 22.3 Å². The summed E-state index contributed by atoms with van der Waals surface area (Å²) in [6, 6.07) is 15.7. The van der Waals surface area contributed by atoms with Gasteiger partial charge in [-0.1, -0.05) is 41.6 Å². The molecule has 0 bridgehead atoms. The monoisotopic (exact) mass is 421 g/mol. The van der Waals surface area contributed by atoms with Crippen LogP contribution in [0.15, 0.2) is 58.5 Å². The third-order valence-electron chi connectivity index (χ3n) is 5.84. The van der Waals surface area contributed by atoms with Crippen LogP contribution in [0.1, 0.15) is 38.7 Å². The van der Waals surface area contributed by atoms with Crippen LogP contribution in [0.4, 0.5) is 0 Å². The Hall–Kier alpha value is -2.60. The standard InChI is InChI=1S/C24H27N3O2S/c1-16-11-13-19(14-12-16)27-23(29)20-9-4-5-10-21(20)25-24(27)30-15-22(28)26-17(2)7-6-8-18(26)3/h4-5,9-14,17-18H,6-8,15H2,1-3H3/t17-,18-/m1/s1. The molecule has 0 N–H and O–H groups in total. The number of thioether (sulfide) groups is 1. The first-order chi connectivity index (χ1) is 14.5. The maximum absolute atomic E-state index is 13.3. The molecule has 2 aromatic carbocycles. The fourth-order valence-electron chi connectivity index (χ4n) is 4.24. The highest BCUT2D eigenvalue weighted by Crippen LogP contribution is 2.26. The molecule has 0 spiro atoms. The molecule has 2 atom stereocenters. The number of aromatic nitrogens is 2. The molecule has 1 aliphatic rings. The molecule has 3 aromatic rings. The van der Waals surface area contributed by atoms with Gasteiger partial charge in [0.15, 0.2) is 5.16 Å². The number of nitrogens with zero attached hydrogens (tertiary/aromatic N) is 3. The number of likely N-dealkylation sites (tertiary alicyclic amines) is 1. The van der Waals surface area contributed by atoms with Crippen molar-refractivity contribution in [2.45, 2.75) is 57.3 Å². The molecule has 1 aliphatic heterocycles. The van der Waals surface area contributed by atoms with Gasteiger partial charge in [-0.15, -0.1) is 0 Å². The topological polar surface area (TPSA) is 55.2 Å². The molecule has 6 heteroatoms. The van der Waals surface area contributed by atoms with Crippen LogP contribution in [-0.2, 0) is 4.79 Å². The number of para-hydroxylation sites is 1. The lowest BCUT2D eigenvalue weighted by Crippen LogP contribution is -2.48. The van der Waals surface area contributed by atoms with Crippen LogP contribution in [0.25, 0.3) is 16.6 Å². The predicted octanol–water partition coefficient (Wildman–Crippen LogP) is 4.58. The lowest BCUT2D eigenvalue weighted by molar-refractivity contribution is -0.134. The smallest absolute Gasteiger partial charge is 0.266 e. The maximum atomic E-state index is 13.3. The highest BCUT2D eigenvalue weighted by atomic mass is 32.2. The van der Waals surface area contributed by atoms with Crippen LogP contribution in [-0.4, -0.2) is 38.2 Å². The van der Waals surface area contributed by atoms with Crippen LogP contribution in [0.5, 0.6) is 0 Å². The number of fused-ring (bicyclic) bond motifs is 1. The zero-order valence-corrected chi connectivity index (χ0v) is 18.5. The second-order valence-electron chi connectivity index (χ2n) is 8.11. The predicted molar refractivity (Wildman–Crippen MR) is 122 cm³/mol. The van der Waals surface area contributed by atoms with E-state index in [9.17, 15) is 9.59 Å². The van der Waals surface area contributed by atoms with E-state index in [1.54, 1.807) is 10.6 Å². The average Bonchev–Trinajstić information content (AvgIpc) is 2.73. The van der Waals surface area contributed by atoms with E-state index in [4.69, 9.17) is 4.98 Å². The molecule has 1 saturated heterocycles. The molecule has 0 saturated carbocycles. The molecule has 30 heavy (non-hydrogen) atoms. The van der Waals surface area contributed by atoms with E-state index in [0.29, 0.717) is 16.1 Å². The summed E-state index contributed by atoms with van der Waals surface area (Å²) in [5.74, 6) is 0.378. The zero-order valence-electron chi connectivity index (χ0n) is 17.7. The minimum Gasteiger partial charge on any atom is -0.337 e. The van der Waals surface area contributed by atoms with Gasteiger partial charge in [0.2, 0.25) is 5.91 Å². The van der Waals surface area contributed by atoms with E-state index < -0.39 is 0 Å². The molecule has 1 aromatic heterocycles. The van der Waals surface area contributed by atoms with Crippen LogP contribution in [0, 0.1) is 6.92 Å². The van der Waals surface area contributed by atoms with Gasteiger partial charge < -0.3 is 4.90 Å². The minimum absolute atomic E-state index is 0.109. The Morgan fingerprint density at radius 2 is 1.73 bits per heavy atom. The van der Waals surface area contributed by atoms with E-state index in [-0.39, 0.29) is 29.3 Å². The molecular weight excluding hydrogens is 394 g/mol. The van der Waals surface area contributed by atoms with Crippen molar-refractivity contribution >= 4 is 28.6 Å². The summed E-state index contributed by atoms with van der Waals surface area (Å²) in [5.41, 5.74) is 2.43. The highest BCUT2D eigenvalue weighted by Gasteiger charge is 2.29. The summed E-state index contributed by atoms with van der Waals surface area (Å²) in [4.78, 5) is 33.1. The Morgan fingerprint density at radius 1 is 1.07 bits per heavy atom. The summed E-state index contributed by atoms with van der Waals surface area (Å²) in [5, 5.41) is 1.13. The number of hydrogen-bond acceptors (Lipinski definition) is 4. The van der Waals surface area contributed by atoms with Crippen molar-refractivity contribution in [3.05, 3.63) is 64.4 Å². The second-order valence-corrected chi connectivity index (χ2v) is 9.05. The number of rotatable bonds is 4. The maximum Gasteiger partial charge on any atom is 0.266 e. The zero-order chi connectivity index (χ0) is 21.3. The SMILES string of the molecule is Cc1ccc(-n2c(SCC(=O)N3[C@H](C)CCC[C@H]3C)nc3ccccc3c2=O)cc1. The molecule has 0 radical (unpaired) electrons. The summed E-state index contributed by atoms with van der Waals surface area (Å²) in [6.45, 7) is 6.25. The fraction of sp³-hybridized carbons (Fsp3) is 0.375. The van der Waals surface area contributed by atoms with Crippen LogP contribution >= 0.6 is 11.8 Å². The molecule has 0 aliphatic carbocycles. The van der Waals surface area contributed by atoms with Gasteiger partial charge >= 0.3 is 0 Å². The van der Waals surface area contributed by atoms with Gasteiger partial charge in [-0.2, -0.15) is 0 Å².